The number of carbonyl (C=O) groups excluding carboxylic acids is 1. The summed E-state index contributed by atoms with van der Waals surface area (Å²) >= 11 is 5.87. The predicted octanol–water partition coefficient (Wildman–Crippen LogP) is 1.63. The molecule has 0 atom stereocenters. The van der Waals surface area contributed by atoms with Crippen LogP contribution in [-0.4, -0.2) is 12.8 Å². The van der Waals surface area contributed by atoms with E-state index in [-0.39, 0.29) is 0 Å². The van der Waals surface area contributed by atoms with Crippen LogP contribution in [0.4, 0.5) is 0 Å². The molecule has 2 nitrogen and oxygen atoms in total. The lowest BCUT2D eigenvalue weighted by atomic mass is 10.2. The number of halogens is 1. The van der Waals surface area contributed by atoms with Crippen LogP contribution in [0.15, 0.2) is 24.3 Å². The van der Waals surface area contributed by atoms with E-state index in [1.165, 1.54) is 0 Å². The van der Waals surface area contributed by atoms with Gasteiger partial charge in [0.15, 0.2) is 0 Å². The van der Waals surface area contributed by atoms with Crippen LogP contribution in [0.25, 0.3) is 0 Å². The Hall–Kier alpha value is -0.860. The molecular formula is C9H10ClNO. The Morgan fingerprint density at radius 3 is 2.83 bits per heavy atom. The van der Waals surface area contributed by atoms with E-state index >= 15 is 0 Å². The number of hydrogen-bond acceptors (Lipinski definition) is 2. The normalized spacial score (nSPS) is 9.75. The average molecular weight is 184 g/mol. The van der Waals surface area contributed by atoms with Crippen molar-refractivity contribution in [3.8, 4) is 0 Å². The minimum atomic E-state index is 0.366. The Morgan fingerprint density at radius 2 is 2.17 bits per heavy atom. The molecule has 0 aliphatic heterocycles. The van der Waals surface area contributed by atoms with Gasteiger partial charge in [0.2, 0.25) is 0 Å². The van der Waals surface area contributed by atoms with Gasteiger partial charge >= 0.3 is 0 Å². The minimum Gasteiger partial charge on any atom is -0.306 e. The van der Waals surface area contributed by atoms with Crippen molar-refractivity contribution in [2.75, 3.05) is 6.54 Å². The van der Waals surface area contributed by atoms with Crippen molar-refractivity contribution in [2.24, 2.45) is 0 Å². The first kappa shape index (κ1) is 9.23. The van der Waals surface area contributed by atoms with Gasteiger partial charge in [0.05, 0.1) is 6.54 Å². The molecule has 1 aromatic rings. The molecule has 0 radical (unpaired) electrons. The van der Waals surface area contributed by atoms with E-state index in [0.29, 0.717) is 13.1 Å². The van der Waals surface area contributed by atoms with Crippen molar-refractivity contribution in [3.63, 3.8) is 0 Å². The van der Waals surface area contributed by atoms with Gasteiger partial charge in [-0.3, -0.25) is 0 Å². The van der Waals surface area contributed by atoms with Crippen molar-refractivity contribution in [1.82, 2.24) is 5.32 Å². The monoisotopic (exact) mass is 183 g/mol. The van der Waals surface area contributed by atoms with E-state index in [4.69, 9.17) is 11.6 Å². The van der Waals surface area contributed by atoms with Crippen molar-refractivity contribution in [3.05, 3.63) is 34.9 Å². The van der Waals surface area contributed by atoms with Gasteiger partial charge in [0.25, 0.3) is 0 Å². The van der Waals surface area contributed by atoms with Gasteiger partial charge in [-0.15, -0.1) is 0 Å². The third-order valence-electron chi connectivity index (χ3n) is 1.50. The zero-order chi connectivity index (χ0) is 8.81. The lowest BCUT2D eigenvalue weighted by molar-refractivity contribution is -0.107. The van der Waals surface area contributed by atoms with Crippen LogP contribution in [0, 0.1) is 0 Å². The van der Waals surface area contributed by atoms with E-state index in [1.807, 2.05) is 24.3 Å². The first-order valence-electron chi connectivity index (χ1n) is 3.72. The van der Waals surface area contributed by atoms with Crippen LogP contribution in [0.3, 0.4) is 0 Å². The maximum Gasteiger partial charge on any atom is 0.133 e. The van der Waals surface area contributed by atoms with Crippen LogP contribution < -0.4 is 5.32 Å². The van der Waals surface area contributed by atoms with Crippen LogP contribution in [0.5, 0.6) is 0 Å². The molecular weight excluding hydrogens is 174 g/mol. The van der Waals surface area contributed by atoms with Gasteiger partial charge in [-0.1, -0.05) is 29.8 Å². The Balaban J connectivity index is 2.51. The first-order valence-corrected chi connectivity index (χ1v) is 4.10. The lowest BCUT2D eigenvalue weighted by Crippen LogP contribution is -2.15. The fourth-order valence-electron chi connectivity index (χ4n) is 0.908. The zero-order valence-electron chi connectivity index (χ0n) is 6.59. The molecule has 0 bridgehead atoms. The quantitative estimate of drug-likeness (QED) is 0.568. The molecule has 1 N–H and O–H groups in total. The van der Waals surface area contributed by atoms with Gasteiger partial charge < -0.3 is 10.1 Å². The van der Waals surface area contributed by atoms with E-state index in [0.717, 1.165) is 16.9 Å². The maximum atomic E-state index is 9.98. The topological polar surface area (TPSA) is 29.1 Å². The van der Waals surface area contributed by atoms with Crippen molar-refractivity contribution >= 4 is 17.9 Å². The Labute approximate surface area is 76.5 Å². The average Bonchev–Trinajstić information content (AvgIpc) is 2.09. The molecule has 1 rings (SSSR count). The molecule has 0 saturated heterocycles. The number of carbonyl (C=O) groups is 1. The highest BCUT2D eigenvalue weighted by atomic mass is 35.5. The smallest absolute Gasteiger partial charge is 0.133 e. The Kier molecular flexibility index (Phi) is 3.77. The molecule has 0 saturated carbocycles. The molecule has 0 amide bonds. The summed E-state index contributed by atoms with van der Waals surface area (Å²) in [5, 5.41) is 3.67. The maximum absolute atomic E-state index is 9.98. The number of rotatable bonds is 4. The third-order valence-corrected chi connectivity index (χ3v) is 1.87. The first-order chi connectivity index (χ1) is 5.84. The molecule has 0 spiro atoms. The summed E-state index contributed by atoms with van der Waals surface area (Å²) < 4.78 is 0. The van der Waals surface area contributed by atoms with Crippen LogP contribution >= 0.6 is 11.6 Å². The number of benzene rings is 1. The summed E-state index contributed by atoms with van der Waals surface area (Å²) in [4.78, 5) is 9.98. The minimum absolute atomic E-state index is 0.366. The highest BCUT2D eigenvalue weighted by Gasteiger charge is 1.96. The summed E-state index contributed by atoms with van der Waals surface area (Å²) in [7, 11) is 0. The molecule has 0 unspecified atom stereocenters. The van der Waals surface area contributed by atoms with Crippen molar-refractivity contribution in [2.45, 2.75) is 6.54 Å². The molecule has 0 heterocycles. The lowest BCUT2D eigenvalue weighted by Gasteiger charge is -2.02. The summed E-state index contributed by atoms with van der Waals surface area (Å²) in [5.74, 6) is 0. The molecule has 0 aliphatic carbocycles. The Morgan fingerprint density at radius 1 is 1.42 bits per heavy atom. The fourth-order valence-corrected chi connectivity index (χ4v) is 1.11. The zero-order valence-corrected chi connectivity index (χ0v) is 7.34. The molecule has 3 heteroatoms. The number of nitrogens with one attached hydrogen (secondary N) is 1. The van der Waals surface area contributed by atoms with Crippen molar-refractivity contribution in [1.29, 1.82) is 0 Å². The van der Waals surface area contributed by atoms with E-state index in [2.05, 4.69) is 5.32 Å². The van der Waals surface area contributed by atoms with Gasteiger partial charge in [-0.05, 0) is 11.6 Å². The molecule has 12 heavy (non-hydrogen) atoms. The largest absolute Gasteiger partial charge is 0.306 e. The van der Waals surface area contributed by atoms with Crippen LogP contribution in [-0.2, 0) is 11.3 Å². The molecule has 0 fully saturated rings. The fraction of sp³-hybridized carbons (Fsp3) is 0.222. The summed E-state index contributed by atoms with van der Waals surface area (Å²) in [6, 6.07) is 7.56. The van der Waals surface area contributed by atoms with E-state index in [1.54, 1.807) is 0 Å². The number of aldehydes is 1. The SMILES string of the molecule is O=CCNCc1ccccc1Cl. The van der Waals surface area contributed by atoms with E-state index in [9.17, 15) is 4.79 Å². The van der Waals surface area contributed by atoms with Gasteiger partial charge in [0, 0.05) is 11.6 Å². The standard InChI is InChI=1S/C9H10ClNO/c10-9-4-2-1-3-8(9)7-11-5-6-12/h1-4,6,11H,5,7H2. The second-order valence-electron chi connectivity index (χ2n) is 2.39. The second kappa shape index (κ2) is 4.91. The van der Waals surface area contributed by atoms with Crippen molar-refractivity contribution < 1.29 is 4.79 Å². The summed E-state index contributed by atoms with van der Waals surface area (Å²) in [6.45, 7) is 1.00. The van der Waals surface area contributed by atoms with Crippen LogP contribution in [0.2, 0.25) is 5.02 Å². The summed E-state index contributed by atoms with van der Waals surface area (Å²) in [6.07, 6.45) is 0.830. The summed E-state index contributed by atoms with van der Waals surface area (Å²) in [5.41, 5.74) is 1.01. The number of hydrogen-bond donors (Lipinski definition) is 1. The molecule has 64 valence electrons. The van der Waals surface area contributed by atoms with Gasteiger partial charge in [-0.2, -0.15) is 0 Å². The third kappa shape index (κ3) is 2.64. The predicted molar refractivity (Wildman–Crippen MR) is 49.2 cm³/mol. The highest BCUT2D eigenvalue weighted by molar-refractivity contribution is 6.31. The molecule has 0 aromatic heterocycles. The van der Waals surface area contributed by atoms with E-state index < -0.39 is 0 Å². The molecule has 0 aliphatic rings. The molecule has 1 aromatic carbocycles. The Bertz CT molecular complexity index is 262. The second-order valence-corrected chi connectivity index (χ2v) is 2.80. The van der Waals surface area contributed by atoms with Gasteiger partial charge in [0.1, 0.15) is 6.29 Å². The highest BCUT2D eigenvalue weighted by Crippen LogP contribution is 2.13. The van der Waals surface area contributed by atoms with Crippen LogP contribution in [0.1, 0.15) is 5.56 Å². The van der Waals surface area contributed by atoms with Gasteiger partial charge in [-0.25, -0.2) is 0 Å².